The van der Waals surface area contributed by atoms with Gasteiger partial charge < -0.3 is 20.1 Å². The van der Waals surface area contributed by atoms with Crippen LogP contribution in [-0.2, 0) is 0 Å². The van der Waals surface area contributed by atoms with Gasteiger partial charge in [-0.1, -0.05) is 17.7 Å². The summed E-state index contributed by atoms with van der Waals surface area (Å²) in [6.07, 6.45) is 0. The molecular formula is C15H13ClN2O2S. The molecular weight excluding hydrogens is 308 g/mol. The van der Waals surface area contributed by atoms with Gasteiger partial charge in [-0.25, -0.2) is 0 Å². The van der Waals surface area contributed by atoms with Gasteiger partial charge in [0.25, 0.3) is 0 Å². The molecule has 0 bridgehead atoms. The van der Waals surface area contributed by atoms with Crippen molar-refractivity contribution in [1.82, 2.24) is 0 Å². The zero-order chi connectivity index (χ0) is 14.8. The van der Waals surface area contributed by atoms with Crippen LogP contribution in [0.25, 0.3) is 0 Å². The Morgan fingerprint density at radius 1 is 1.05 bits per heavy atom. The second-order valence-electron chi connectivity index (χ2n) is 4.61. The SMILES string of the molecule is Cc1ccc(NC(=S)Nc2ccc3c(c2)OCO3)cc1Cl. The fourth-order valence-corrected chi connectivity index (χ4v) is 2.35. The summed E-state index contributed by atoms with van der Waals surface area (Å²) in [6.45, 7) is 2.21. The Labute approximate surface area is 133 Å². The molecule has 1 aliphatic rings. The van der Waals surface area contributed by atoms with Gasteiger partial charge in [0, 0.05) is 22.5 Å². The summed E-state index contributed by atoms with van der Waals surface area (Å²) in [5.41, 5.74) is 2.69. The van der Waals surface area contributed by atoms with E-state index in [1.807, 2.05) is 43.3 Å². The lowest BCUT2D eigenvalue weighted by molar-refractivity contribution is 0.174. The first kappa shape index (κ1) is 14.0. The molecule has 6 heteroatoms. The molecule has 0 unspecified atom stereocenters. The van der Waals surface area contributed by atoms with Crippen molar-refractivity contribution in [3.05, 3.63) is 47.0 Å². The largest absolute Gasteiger partial charge is 0.454 e. The predicted octanol–water partition coefficient (Wildman–Crippen LogP) is 4.19. The van der Waals surface area contributed by atoms with Gasteiger partial charge in [-0.05, 0) is 49.0 Å². The van der Waals surface area contributed by atoms with E-state index in [-0.39, 0.29) is 6.79 Å². The number of fused-ring (bicyclic) bond motifs is 1. The summed E-state index contributed by atoms with van der Waals surface area (Å²) in [5, 5.41) is 7.37. The van der Waals surface area contributed by atoms with Crippen LogP contribution in [0.3, 0.4) is 0 Å². The Kier molecular flexibility index (Phi) is 3.86. The van der Waals surface area contributed by atoms with E-state index in [4.69, 9.17) is 33.3 Å². The molecule has 108 valence electrons. The first-order valence-electron chi connectivity index (χ1n) is 6.35. The summed E-state index contributed by atoms with van der Waals surface area (Å²) in [7, 11) is 0. The lowest BCUT2D eigenvalue weighted by atomic mass is 10.2. The maximum Gasteiger partial charge on any atom is 0.231 e. The number of hydrogen-bond acceptors (Lipinski definition) is 3. The number of ether oxygens (including phenoxy) is 2. The molecule has 2 aromatic rings. The highest BCUT2D eigenvalue weighted by molar-refractivity contribution is 7.80. The minimum absolute atomic E-state index is 0.253. The third kappa shape index (κ3) is 3.20. The molecule has 0 fully saturated rings. The average molecular weight is 321 g/mol. The molecule has 0 spiro atoms. The number of halogens is 1. The zero-order valence-electron chi connectivity index (χ0n) is 11.3. The van der Waals surface area contributed by atoms with Gasteiger partial charge in [0.1, 0.15) is 0 Å². The Hall–Kier alpha value is -1.98. The second kappa shape index (κ2) is 5.79. The number of benzene rings is 2. The van der Waals surface area contributed by atoms with E-state index in [2.05, 4.69) is 10.6 Å². The van der Waals surface area contributed by atoms with Crippen LogP contribution in [0.5, 0.6) is 11.5 Å². The molecule has 3 rings (SSSR count). The van der Waals surface area contributed by atoms with E-state index in [0.29, 0.717) is 15.9 Å². The monoisotopic (exact) mass is 320 g/mol. The maximum absolute atomic E-state index is 6.09. The molecule has 0 saturated heterocycles. The number of thiocarbonyl (C=S) groups is 1. The predicted molar refractivity (Wildman–Crippen MR) is 88.6 cm³/mol. The lowest BCUT2D eigenvalue weighted by Crippen LogP contribution is -2.19. The Morgan fingerprint density at radius 2 is 1.71 bits per heavy atom. The first-order chi connectivity index (χ1) is 10.1. The van der Waals surface area contributed by atoms with Crippen molar-refractivity contribution < 1.29 is 9.47 Å². The van der Waals surface area contributed by atoms with Crippen LogP contribution < -0.4 is 20.1 Å². The molecule has 21 heavy (non-hydrogen) atoms. The van der Waals surface area contributed by atoms with Crippen molar-refractivity contribution in [3.8, 4) is 11.5 Å². The van der Waals surface area contributed by atoms with Crippen LogP contribution >= 0.6 is 23.8 Å². The molecule has 4 nitrogen and oxygen atoms in total. The number of anilines is 2. The fourth-order valence-electron chi connectivity index (χ4n) is 1.94. The van der Waals surface area contributed by atoms with Gasteiger partial charge in [-0.2, -0.15) is 0 Å². The van der Waals surface area contributed by atoms with Gasteiger partial charge in [0.05, 0.1) is 0 Å². The summed E-state index contributed by atoms with van der Waals surface area (Å²) in [6, 6.07) is 11.3. The van der Waals surface area contributed by atoms with E-state index in [1.54, 1.807) is 0 Å². The van der Waals surface area contributed by atoms with Gasteiger partial charge in [0.2, 0.25) is 6.79 Å². The molecule has 0 amide bonds. The summed E-state index contributed by atoms with van der Waals surface area (Å²) in [4.78, 5) is 0. The van der Waals surface area contributed by atoms with Gasteiger partial charge in [0.15, 0.2) is 16.6 Å². The van der Waals surface area contributed by atoms with Gasteiger partial charge >= 0.3 is 0 Å². The summed E-state index contributed by atoms with van der Waals surface area (Å²) < 4.78 is 10.6. The smallest absolute Gasteiger partial charge is 0.231 e. The van der Waals surface area contributed by atoms with E-state index in [1.165, 1.54) is 0 Å². The van der Waals surface area contributed by atoms with Crippen molar-refractivity contribution in [2.75, 3.05) is 17.4 Å². The average Bonchev–Trinajstić information content (AvgIpc) is 2.90. The topological polar surface area (TPSA) is 42.5 Å². The fraction of sp³-hybridized carbons (Fsp3) is 0.133. The highest BCUT2D eigenvalue weighted by Gasteiger charge is 2.13. The van der Waals surface area contributed by atoms with Crippen molar-refractivity contribution >= 4 is 40.3 Å². The van der Waals surface area contributed by atoms with Crippen molar-refractivity contribution in [1.29, 1.82) is 0 Å². The van der Waals surface area contributed by atoms with Crippen LogP contribution in [0.1, 0.15) is 5.56 Å². The van der Waals surface area contributed by atoms with E-state index < -0.39 is 0 Å². The zero-order valence-corrected chi connectivity index (χ0v) is 12.8. The molecule has 1 heterocycles. The molecule has 0 atom stereocenters. The van der Waals surface area contributed by atoms with Crippen LogP contribution in [-0.4, -0.2) is 11.9 Å². The summed E-state index contributed by atoms with van der Waals surface area (Å²) >= 11 is 11.4. The Morgan fingerprint density at radius 3 is 2.48 bits per heavy atom. The number of aryl methyl sites for hydroxylation is 1. The number of rotatable bonds is 2. The van der Waals surface area contributed by atoms with Crippen LogP contribution in [0.4, 0.5) is 11.4 Å². The highest BCUT2D eigenvalue weighted by Crippen LogP contribution is 2.34. The molecule has 0 aliphatic carbocycles. The van der Waals surface area contributed by atoms with Crippen molar-refractivity contribution in [2.45, 2.75) is 6.92 Å². The molecule has 0 aromatic heterocycles. The number of hydrogen-bond donors (Lipinski definition) is 2. The molecule has 1 aliphatic heterocycles. The lowest BCUT2D eigenvalue weighted by Gasteiger charge is -2.11. The minimum atomic E-state index is 0.253. The van der Waals surface area contributed by atoms with Crippen LogP contribution in [0.15, 0.2) is 36.4 Å². The molecule has 2 aromatic carbocycles. The Balaban J connectivity index is 1.67. The maximum atomic E-state index is 6.09. The van der Waals surface area contributed by atoms with E-state index in [0.717, 1.165) is 22.7 Å². The van der Waals surface area contributed by atoms with Crippen LogP contribution in [0.2, 0.25) is 5.02 Å². The third-order valence-corrected chi connectivity index (χ3v) is 3.67. The van der Waals surface area contributed by atoms with Crippen molar-refractivity contribution in [3.63, 3.8) is 0 Å². The van der Waals surface area contributed by atoms with Crippen LogP contribution in [0, 0.1) is 6.92 Å². The highest BCUT2D eigenvalue weighted by atomic mass is 35.5. The van der Waals surface area contributed by atoms with E-state index in [9.17, 15) is 0 Å². The summed E-state index contributed by atoms with van der Waals surface area (Å²) in [5.74, 6) is 1.45. The molecule has 0 saturated carbocycles. The van der Waals surface area contributed by atoms with Crippen molar-refractivity contribution in [2.24, 2.45) is 0 Å². The molecule has 2 N–H and O–H groups in total. The molecule has 0 radical (unpaired) electrons. The standard InChI is InChI=1S/C15H13ClN2O2S/c1-9-2-3-10(6-12(9)16)17-15(21)18-11-4-5-13-14(7-11)20-8-19-13/h2-7H,8H2,1H3,(H2,17,18,21). The van der Waals surface area contributed by atoms with Gasteiger partial charge in [-0.3, -0.25) is 0 Å². The minimum Gasteiger partial charge on any atom is -0.454 e. The Bertz CT molecular complexity index is 706. The number of nitrogens with one attached hydrogen (secondary N) is 2. The quantitative estimate of drug-likeness (QED) is 0.812. The van der Waals surface area contributed by atoms with E-state index >= 15 is 0 Å². The third-order valence-electron chi connectivity index (χ3n) is 3.06. The first-order valence-corrected chi connectivity index (χ1v) is 7.14. The van der Waals surface area contributed by atoms with Gasteiger partial charge in [-0.15, -0.1) is 0 Å². The normalized spacial score (nSPS) is 12.1. The second-order valence-corrected chi connectivity index (χ2v) is 5.43.